The van der Waals surface area contributed by atoms with E-state index in [0.29, 0.717) is 0 Å². The molecule has 1 rings (SSSR count). The molecule has 6 heteroatoms. The van der Waals surface area contributed by atoms with Gasteiger partial charge in [0.1, 0.15) is 0 Å². The van der Waals surface area contributed by atoms with E-state index in [0.717, 1.165) is 6.07 Å². The summed E-state index contributed by atoms with van der Waals surface area (Å²) in [6.45, 7) is 0. The number of phenolic OH excluding ortho intramolecular Hbond substituents is 1. The lowest BCUT2D eigenvalue weighted by Gasteiger charge is -2.02. The zero-order valence-corrected chi connectivity index (χ0v) is 7.47. The Morgan fingerprint density at radius 2 is 2.13 bits per heavy atom. The SMILES string of the molecule is N#CCc1c(C#N)ccc([N+](=O)[O-])c1O. The van der Waals surface area contributed by atoms with Crippen molar-refractivity contribution in [2.45, 2.75) is 6.42 Å². The minimum Gasteiger partial charge on any atom is -0.502 e. The molecule has 0 spiro atoms. The first kappa shape index (κ1) is 10.5. The normalized spacial score (nSPS) is 8.93. The van der Waals surface area contributed by atoms with Crippen LogP contribution in [0.15, 0.2) is 12.1 Å². The molecule has 6 nitrogen and oxygen atoms in total. The van der Waals surface area contributed by atoms with Crippen LogP contribution in [-0.4, -0.2) is 10.0 Å². The fraction of sp³-hybridized carbons (Fsp3) is 0.111. The van der Waals surface area contributed by atoms with Crippen LogP contribution in [0.5, 0.6) is 5.75 Å². The standard InChI is InChI=1S/C9H5N3O3/c10-4-3-7-6(5-11)1-2-8(9(7)13)12(14)15/h1-2,13H,3H2. The topological polar surface area (TPSA) is 111 Å². The molecule has 0 bridgehead atoms. The van der Waals surface area contributed by atoms with E-state index in [-0.39, 0.29) is 17.5 Å². The van der Waals surface area contributed by atoms with Gasteiger partial charge in [-0.15, -0.1) is 0 Å². The molecule has 1 aromatic rings. The van der Waals surface area contributed by atoms with Gasteiger partial charge in [-0.2, -0.15) is 10.5 Å². The van der Waals surface area contributed by atoms with Gasteiger partial charge >= 0.3 is 5.69 Å². The predicted molar refractivity (Wildman–Crippen MR) is 48.8 cm³/mol. The number of nitro benzene ring substituents is 1. The number of nitrogens with zero attached hydrogens (tertiary/aromatic N) is 3. The second-order valence-electron chi connectivity index (χ2n) is 2.66. The zero-order valence-electron chi connectivity index (χ0n) is 7.47. The summed E-state index contributed by atoms with van der Waals surface area (Å²) in [6, 6.07) is 5.73. The van der Waals surface area contributed by atoms with Crippen molar-refractivity contribution in [1.82, 2.24) is 0 Å². The van der Waals surface area contributed by atoms with Crippen LogP contribution in [0.3, 0.4) is 0 Å². The minimum absolute atomic E-state index is 0.00537. The van der Waals surface area contributed by atoms with Gasteiger partial charge in [-0.25, -0.2) is 0 Å². The molecule has 0 atom stereocenters. The highest BCUT2D eigenvalue weighted by molar-refractivity contribution is 5.58. The van der Waals surface area contributed by atoms with Crippen molar-refractivity contribution in [3.8, 4) is 17.9 Å². The maximum Gasteiger partial charge on any atom is 0.311 e. The summed E-state index contributed by atoms with van der Waals surface area (Å²) in [5.74, 6) is -0.611. The summed E-state index contributed by atoms with van der Waals surface area (Å²) < 4.78 is 0. The Hall–Kier alpha value is -2.60. The van der Waals surface area contributed by atoms with Gasteiger partial charge in [0.05, 0.1) is 29.0 Å². The summed E-state index contributed by atoms with van der Waals surface area (Å²) in [7, 11) is 0. The average molecular weight is 203 g/mol. The molecule has 0 aliphatic carbocycles. The summed E-state index contributed by atoms with van der Waals surface area (Å²) in [5.41, 5.74) is -0.437. The second kappa shape index (κ2) is 4.07. The predicted octanol–water partition coefficient (Wildman–Crippen LogP) is 1.24. The van der Waals surface area contributed by atoms with Gasteiger partial charge in [-0.1, -0.05) is 0 Å². The van der Waals surface area contributed by atoms with E-state index < -0.39 is 16.4 Å². The summed E-state index contributed by atoms with van der Waals surface area (Å²) in [4.78, 5) is 9.69. The Morgan fingerprint density at radius 1 is 1.47 bits per heavy atom. The van der Waals surface area contributed by atoms with Crippen LogP contribution in [0.1, 0.15) is 11.1 Å². The Morgan fingerprint density at radius 3 is 2.60 bits per heavy atom. The number of hydrogen-bond donors (Lipinski definition) is 1. The molecular formula is C9H5N3O3. The van der Waals surface area contributed by atoms with Crippen LogP contribution in [0, 0.1) is 32.8 Å². The largest absolute Gasteiger partial charge is 0.502 e. The molecule has 0 unspecified atom stereocenters. The monoisotopic (exact) mass is 203 g/mol. The van der Waals surface area contributed by atoms with Crippen molar-refractivity contribution in [3.63, 3.8) is 0 Å². The molecule has 0 fully saturated rings. The Labute approximate surface area is 84.8 Å². The van der Waals surface area contributed by atoms with Crippen molar-refractivity contribution < 1.29 is 10.0 Å². The highest BCUT2D eigenvalue weighted by Crippen LogP contribution is 2.31. The third-order valence-corrected chi connectivity index (χ3v) is 1.83. The van der Waals surface area contributed by atoms with Crippen LogP contribution in [0.4, 0.5) is 5.69 Å². The van der Waals surface area contributed by atoms with Gasteiger partial charge in [-0.3, -0.25) is 10.1 Å². The van der Waals surface area contributed by atoms with Crippen molar-refractivity contribution in [3.05, 3.63) is 33.4 Å². The van der Waals surface area contributed by atoms with Crippen LogP contribution >= 0.6 is 0 Å². The van der Waals surface area contributed by atoms with E-state index in [9.17, 15) is 15.2 Å². The second-order valence-corrected chi connectivity index (χ2v) is 2.66. The molecular weight excluding hydrogens is 198 g/mol. The van der Waals surface area contributed by atoms with Crippen molar-refractivity contribution >= 4 is 5.69 Å². The van der Waals surface area contributed by atoms with Gasteiger partial charge < -0.3 is 5.11 Å². The summed E-state index contributed by atoms with van der Waals surface area (Å²) in [6.07, 6.45) is -0.240. The van der Waals surface area contributed by atoms with E-state index in [4.69, 9.17) is 10.5 Å². The lowest BCUT2D eigenvalue weighted by Crippen LogP contribution is -1.95. The minimum atomic E-state index is -0.767. The lowest BCUT2D eigenvalue weighted by molar-refractivity contribution is -0.385. The van der Waals surface area contributed by atoms with Gasteiger partial charge in [0.2, 0.25) is 0 Å². The van der Waals surface area contributed by atoms with E-state index in [1.165, 1.54) is 6.07 Å². The number of hydrogen-bond acceptors (Lipinski definition) is 5. The molecule has 0 aliphatic heterocycles. The van der Waals surface area contributed by atoms with Crippen LogP contribution in [0.2, 0.25) is 0 Å². The first-order valence-electron chi connectivity index (χ1n) is 3.88. The number of benzene rings is 1. The van der Waals surface area contributed by atoms with Crippen LogP contribution in [-0.2, 0) is 6.42 Å². The summed E-state index contributed by atoms with van der Waals surface area (Å²) in [5, 5.41) is 37.0. The maximum absolute atomic E-state index is 10.5. The third-order valence-electron chi connectivity index (χ3n) is 1.83. The molecule has 0 amide bonds. The van der Waals surface area contributed by atoms with Gasteiger partial charge in [0, 0.05) is 11.6 Å². The fourth-order valence-electron chi connectivity index (χ4n) is 1.13. The van der Waals surface area contributed by atoms with Gasteiger partial charge in [0.25, 0.3) is 0 Å². The van der Waals surface area contributed by atoms with E-state index in [1.807, 2.05) is 0 Å². The number of rotatable bonds is 2. The number of nitriles is 2. The molecule has 1 N–H and O–H groups in total. The van der Waals surface area contributed by atoms with Crippen LogP contribution < -0.4 is 0 Å². The molecule has 74 valence electrons. The molecule has 0 heterocycles. The van der Waals surface area contributed by atoms with E-state index >= 15 is 0 Å². The molecule has 0 radical (unpaired) electrons. The summed E-state index contributed by atoms with van der Waals surface area (Å²) >= 11 is 0. The maximum atomic E-state index is 10.5. The quantitative estimate of drug-likeness (QED) is 0.574. The Kier molecular flexibility index (Phi) is 2.85. The first-order chi connectivity index (χ1) is 7.11. The smallest absolute Gasteiger partial charge is 0.311 e. The third kappa shape index (κ3) is 1.84. The number of phenols is 1. The van der Waals surface area contributed by atoms with Crippen molar-refractivity contribution in [1.29, 1.82) is 10.5 Å². The molecule has 0 aliphatic rings. The number of nitro groups is 1. The number of aromatic hydroxyl groups is 1. The van der Waals surface area contributed by atoms with E-state index in [2.05, 4.69) is 0 Å². The molecule has 1 aromatic carbocycles. The average Bonchev–Trinajstić information content (AvgIpc) is 2.20. The molecule has 0 aromatic heterocycles. The lowest BCUT2D eigenvalue weighted by atomic mass is 10.0. The van der Waals surface area contributed by atoms with Gasteiger partial charge in [0.15, 0.2) is 5.75 Å². The first-order valence-corrected chi connectivity index (χ1v) is 3.88. The van der Waals surface area contributed by atoms with E-state index in [1.54, 1.807) is 12.1 Å². The van der Waals surface area contributed by atoms with Crippen molar-refractivity contribution in [2.75, 3.05) is 0 Å². The van der Waals surface area contributed by atoms with Crippen LogP contribution in [0.25, 0.3) is 0 Å². The molecule has 0 saturated heterocycles. The van der Waals surface area contributed by atoms with Crippen molar-refractivity contribution in [2.24, 2.45) is 0 Å². The Bertz CT molecular complexity index is 497. The van der Waals surface area contributed by atoms with Gasteiger partial charge in [-0.05, 0) is 6.07 Å². The fourth-order valence-corrected chi connectivity index (χ4v) is 1.13. The zero-order chi connectivity index (χ0) is 11.4. The molecule has 15 heavy (non-hydrogen) atoms. The highest BCUT2D eigenvalue weighted by Gasteiger charge is 2.19. The molecule has 0 saturated carbocycles. The highest BCUT2D eigenvalue weighted by atomic mass is 16.6. The Balaban J connectivity index is 3.45.